The fourth-order valence-electron chi connectivity index (χ4n) is 2.25. The van der Waals surface area contributed by atoms with E-state index in [1.165, 1.54) is 0 Å². The summed E-state index contributed by atoms with van der Waals surface area (Å²) in [5, 5.41) is 17.0. The Kier molecular flexibility index (Phi) is 4.61. The molecule has 2 rings (SSSR count). The van der Waals surface area contributed by atoms with Crippen molar-refractivity contribution in [3.8, 4) is 0 Å². The molecule has 6 nitrogen and oxygen atoms in total. The Morgan fingerprint density at radius 1 is 1.38 bits per heavy atom. The number of halogens is 3. The summed E-state index contributed by atoms with van der Waals surface area (Å²) in [6, 6.07) is 0.610. The Hall–Kier alpha value is -1.90. The van der Waals surface area contributed by atoms with Gasteiger partial charge in [0.05, 0.1) is 4.92 Å². The number of pyridine rings is 1. The number of hydrogen-bond acceptors (Lipinski definition) is 5. The summed E-state index contributed by atoms with van der Waals surface area (Å²) in [4.78, 5) is 13.3. The van der Waals surface area contributed by atoms with Crippen LogP contribution in [0.4, 0.5) is 24.5 Å². The standard InChI is InChI=1S/C12H15F3N4O2/c13-12(14,15)11-6-9(10(7-17-11)19(20)21)18-8-2-1-4-16-5-3-8/h6-8,16H,1-5H2,(H,17,18). The van der Waals surface area contributed by atoms with E-state index in [1.807, 2.05) is 0 Å². The summed E-state index contributed by atoms with van der Waals surface area (Å²) in [7, 11) is 0. The Morgan fingerprint density at radius 2 is 2.14 bits per heavy atom. The molecule has 1 unspecified atom stereocenters. The van der Waals surface area contributed by atoms with Crippen LogP contribution in [0.25, 0.3) is 0 Å². The zero-order valence-corrected chi connectivity index (χ0v) is 11.1. The van der Waals surface area contributed by atoms with Gasteiger partial charge in [0.1, 0.15) is 17.6 Å². The maximum absolute atomic E-state index is 12.7. The average molecular weight is 304 g/mol. The number of nitrogens with zero attached hydrogens (tertiary/aromatic N) is 2. The molecule has 21 heavy (non-hydrogen) atoms. The molecule has 0 bridgehead atoms. The first kappa shape index (κ1) is 15.5. The molecule has 2 heterocycles. The fourth-order valence-corrected chi connectivity index (χ4v) is 2.25. The molecule has 1 saturated heterocycles. The molecule has 0 amide bonds. The molecular weight excluding hydrogens is 289 g/mol. The fraction of sp³-hybridized carbons (Fsp3) is 0.583. The van der Waals surface area contributed by atoms with Crippen molar-refractivity contribution >= 4 is 11.4 Å². The van der Waals surface area contributed by atoms with Crippen LogP contribution in [0, 0.1) is 10.1 Å². The maximum Gasteiger partial charge on any atom is 0.433 e. The highest BCUT2D eigenvalue weighted by atomic mass is 19.4. The van der Waals surface area contributed by atoms with Gasteiger partial charge in [0.15, 0.2) is 0 Å². The zero-order chi connectivity index (χ0) is 15.5. The molecule has 0 saturated carbocycles. The van der Waals surface area contributed by atoms with Gasteiger partial charge in [-0.1, -0.05) is 0 Å². The van der Waals surface area contributed by atoms with E-state index in [0.29, 0.717) is 18.7 Å². The number of anilines is 1. The molecule has 1 aliphatic heterocycles. The van der Waals surface area contributed by atoms with Crippen molar-refractivity contribution in [2.24, 2.45) is 0 Å². The second-order valence-electron chi connectivity index (χ2n) is 4.86. The topological polar surface area (TPSA) is 80.1 Å². The van der Waals surface area contributed by atoms with Crippen molar-refractivity contribution in [2.75, 3.05) is 18.4 Å². The smallest absolute Gasteiger partial charge is 0.377 e. The Morgan fingerprint density at radius 3 is 2.81 bits per heavy atom. The third kappa shape index (κ3) is 4.03. The Balaban J connectivity index is 2.27. The summed E-state index contributed by atoms with van der Waals surface area (Å²) in [5.41, 5.74) is -1.71. The minimum atomic E-state index is -4.63. The third-order valence-corrected chi connectivity index (χ3v) is 3.31. The van der Waals surface area contributed by atoms with Crippen LogP contribution in [-0.2, 0) is 6.18 Å². The molecule has 1 fully saturated rings. The highest BCUT2D eigenvalue weighted by molar-refractivity contribution is 5.61. The minimum Gasteiger partial charge on any atom is -0.377 e. The lowest BCUT2D eigenvalue weighted by Gasteiger charge is -2.18. The van der Waals surface area contributed by atoms with Gasteiger partial charge >= 0.3 is 11.9 Å². The van der Waals surface area contributed by atoms with Crippen molar-refractivity contribution in [1.82, 2.24) is 10.3 Å². The van der Waals surface area contributed by atoms with Gasteiger partial charge in [0, 0.05) is 6.04 Å². The molecule has 116 valence electrons. The molecule has 0 aromatic carbocycles. The maximum atomic E-state index is 12.7. The summed E-state index contributed by atoms with van der Waals surface area (Å²) in [5.74, 6) is 0. The molecule has 0 spiro atoms. The highest BCUT2D eigenvalue weighted by Gasteiger charge is 2.34. The largest absolute Gasteiger partial charge is 0.433 e. The number of nitro groups is 1. The Bertz CT molecular complexity index is 514. The van der Waals surface area contributed by atoms with Gasteiger partial charge in [0.2, 0.25) is 0 Å². The first-order valence-electron chi connectivity index (χ1n) is 6.57. The van der Waals surface area contributed by atoms with Crippen LogP contribution in [-0.4, -0.2) is 29.0 Å². The average Bonchev–Trinajstić information content (AvgIpc) is 2.66. The summed E-state index contributed by atoms with van der Waals surface area (Å²) >= 11 is 0. The minimum absolute atomic E-state index is 0.0952. The quantitative estimate of drug-likeness (QED) is 0.662. The lowest BCUT2D eigenvalue weighted by atomic mass is 10.1. The van der Waals surface area contributed by atoms with Crippen LogP contribution < -0.4 is 10.6 Å². The second-order valence-corrected chi connectivity index (χ2v) is 4.86. The van der Waals surface area contributed by atoms with Gasteiger partial charge in [-0.15, -0.1) is 0 Å². The predicted octanol–water partition coefficient (Wildman–Crippen LogP) is 2.56. The van der Waals surface area contributed by atoms with E-state index >= 15 is 0 Å². The molecule has 1 aromatic heterocycles. The Labute approximate surface area is 118 Å². The van der Waals surface area contributed by atoms with Gasteiger partial charge < -0.3 is 10.6 Å². The van der Waals surface area contributed by atoms with Crippen molar-refractivity contribution in [1.29, 1.82) is 0 Å². The molecule has 1 aliphatic rings. The van der Waals surface area contributed by atoms with Gasteiger partial charge in [-0.25, -0.2) is 4.98 Å². The lowest BCUT2D eigenvalue weighted by Crippen LogP contribution is -2.22. The van der Waals surface area contributed by atoms with E-state index in [1.54, 1.807) is 0 Å². The van der Waals surface area contributed by atoms with Crippen molar-refractivity contribution < 1.29 is 18.1 Å². The molecule has 9 heteroatoms. The summed E-state index contributed by atoms with van der Waals surface area (Å²) in [6.45, 7) is 1.56. The molecule has 1 atom stereocenters. The SMILES string of the molecule is O=[N+]([O-])c1cnc(C(F)(F)F)cc1NC1CCCNCC1. The van der Waals surface area contributed by atoms with E-state index in [4.69, 9.17) is 0 Å². The molecule has 0 aliphatic carbocycles. The van der Waals surface area contributed by atoms with Crippen LogP contribution in [0.3, 0.4) is 0 Å². The number of aromatic nitrogens is 1. The van der Waals surface area contributed by atoms with Gasteiger partial charge in [0.25, 0.3) is 0 Å². The summed E-state index contributed by atoms with van der Waals surface area (Å²) in [6.07, 6.45) is -1.67. The van der Waals surface area contributed by atoms with Crippen LogP contribution >= 0.6 is 0 Å². The zero-order valence-electron chi connectivity index (χ0n) is 11.1. The van der Waals surface area contributed by atoms with Gasteiger partial charge in [-0.2, -0.15) is 13.2 Å². The number of rotatable bonds is 3. The monoisotopic (exact) mass is 304 g/mol. The number of alkyl halides is 3. The molecular formula is C12H15F3N4O2. The van der Waals surface area contributed by atoms with Crippen molar-refractivity contribution in [2.45, 2.75) is 31.5 Å². The van der Waals surface area contributed by atoms with E-state index < -0.39 is 22.5 Å². The first-order chi connectivity index (χ1) is 9.88. The highest BCUT2D eigenvalue weighted by Crippen LogP contribution is 2.33. The van der Waals surface area contributed by atoms with E-state index in [2.05, 4.69) is 15.6 Å². The molecule has 1 aromatic rings. The van der Waals surface area contributed by atoms with E-state index in [9.17, 15) is 23.3 Å². The molecule has 0 radical (unpaired) electrons. The molecule has 2 N–H and O–H groups in total. The number of hydrogen-bond donors (Lipinski definition) is 2. The second kappa shape index (κ2) is 6.25. The first-order valence-corrected chi connectivity index (χ1v) is 6.57. The van der Waals surface area contributed by atoms with E-state index in [-0.39, 0.29) is 11.7 Å². The lowest BCUT2D eigenvalue weighted by molar-refractivity contribution is -0.384. The van der Waals surface area contributed by atoms with Gasteiger partial charge in [-0.05, 0) is 38.4 Å². The van der Waals surface area contributed by atoms with Crippen LogP contribution in [0.1, 0.15) is 25.0 Å². The summed E-state index contributed by atoms with van der Waals surface area (Å²) < 4.78 is 38.0. The van der Waals surface area contributed by atoms with Crippen LogP contribution in [0.5, 0.6) is 0 Å². The van der Waals surface area contributed by atoms with Crippen molar-refractivity contribution in [3.05, 3.63) is 28.1 Å². The van der Waals surface area contributed by atoms with Crippen LogP contribution in [0.15, 0.2) is 12.3 Å². The van der Waals surface area contributed by atoms with E-state index in [0.717, 1.165) is 25.9 Å². The van der Waals surface area contributed by atoms with Gasteiger partial charge in [-0.3, -0.25) is 10.1 Å². The third-order valence-electron chi connectivity index (χ3n) is 3.31. The predicted molar refractivity (Wildman–Crippen MR) is 70.0 cm³/mol. The number of nitrogens with one attached hydrogen (secondary N) is 2. The normalized spacial score (nSPS) is 19.9. The van der Waals surface area contributed by atoms with Crippen LogP contribution in [0.2, 0.25) is 0 Å². The van der Waals surface area contributed by atoms with Crippen molar-refractivity contribution in [3.63, 3.8) is 0 Å².